The SMILES string of the molecule is CCOc1cc(C=Nc2cccc(Cl)c2C)cc(Br)c1OCc1cccc(Cl)c1. The molecule has 0 saturated heterocycles. The normalized spacial score (nSPS) is 11.1. The smallest absolute Gasteiger partial charge is 0.175 e. The predicted octanol–water partition coefficient (Wildman–Crippen LogP) is 7.79. The Balaban J connectivity index is 1.85. The molecule has 0 spiro atoms. The van der Waals surface area contributed by atoms with Crippen LogP contribution in [0.5, 0.6) is 11.5 Å². The minimum absolute atomic E-state index is 0.383. The van der Waals surface area contributed by atoms with E-state index in [1.54, 1.807) is 6.21 Å². The van der Waals surface area contributed by atoms with Crippen molar-refractivity contribution >= 4 is 51.0 Å². The highest BCUT2D eigenvalue weighted by Crippen LogP contribution is 2.37. The topological polar surface area (TPSA) is 30.8 Å². The third-order valence-corrected chi connectivity index (χ3v) is 5.43. The fourth-order valence-electron chi connectivity index (χ4n) is 2.73. The maximum absolute atomic E-state index is 6.18. The molecule has 0 heterocycles. The summed E-state index contributed by atoms with van der Waals surface area (Å²) in [5.41, 5.74) is 3.63. The van der Waals surface area contributed by atoms with Gasteiger partial charge in [0.2, 0.25) is 0 Å². The molecule has 0 bridgehead atoms. The standard InChI is InChI=1S/C23H20BrCl2NO2/c1-3-28-22-12-17(13-27-21-9-5-8-20(26)15(21)2)11-19(24)23(22)29-14-16-6-4-7-18(25)10-16/h4-13H,3,14H2,1-2H3. The van der Waals surface area contributed by atoms with Crippen molar-refractivity contribution in [1.29, 1.82) is 0 Å². The maximum Gasteiger partial charge on any atom is 0.175 e. The Morgan fingerprint density at radius 3 is 2.59 bits per heavy atom. The number of aliphatic imine (C=N–C) groups is 1. The van der Waals surface area contributed by atoms with E-state index in [0.29, 0.717) is 34.8 Å². The van der Waals surface area contributed by atoms with Crippen molar-refractivity contribution in [2.75, 3.05) is 6.61 Å². The molecule has 150 valence electrons. The molecule has 0 amide bonds. The predicted molar refractivity (Wildman–Crippen MR) is 125 cm³/mol. The van der Waals surface area contributed by atoms with E-state index in [1.165, 1.54) is 0 Å². The molecule has 0 fully saturated rings. The zero-order valence-electron chi connectivity index (χ0n) is 16.1. The zero-order valence-corrected chi connectivity index (χ0v) is 19.2. The van der Waals surface area contributed by atoms with Crippen molar-refractivity contribution in [3.63, 3.8) is 0 Å². The van der Waals surface area contributed by atoms with Crippen LogP contribution in [-0.2, 0) is 6.61 Å². The molecule has 0 aromatic heterocycles. The molecule has 6 heteroatoms. The summed E-state index contributed by atoms with van der Waals surface area (Å²) in [5.74, 6) is 1.29. The molecule has 0 atom stereocenters. The summed E-state index contributed by atoms with van der Waals surface area (Å²) >= 11 is 15.8. The minimum Gasteiger partial charge on any atom is -0.490 e. The number of nitrogens with zero attached hydrogens (tertiary/aromatic N) is 1. The quantitative estimate of drug-likeness (QED) is 0.315. The summed E-state index contributed by atoms with van der Waals surface area (Å²) in [5, 5.41) is 1.37. The van der Waals surface area contributed by atoms with E-state index < -0.39 is 0 Å². The lowest BCUT2D eigenvalue weighted by atomic mass is 10.2. The summed E-state index contributed by atoms with van der Waals surface area (Å²) in [6, 6.07) is 17.1. The van der Waals surface area contributed by atoms with Gasteiger partial charge in [-0.2, -0.15) is 0 Å². The molecule has 29 heavy (non-hydrogen) atoms. The van der Waals surface area contributed by atoms with Crippen LogP contribution in [0.4, 0.5) is 5.69 Å². The average Bonchev–Trinajstić information content (AvgIpc) is 2.69. The Hall–Kier alpha value is -2.01. The van der Waals surface area contributed by atoms with Crippen LogP contribution in [0.2, 0.25) is 10.0 Å². The maximum atomic E-state index is 6.18. The summed E-state index contributed by atoms with van der Waals surface area (Å²) in [4.78, 5) is 4.57. The lowest BCUT2D eigenvalue weighted by molar-refractivity contribution is 0.267. The lowest BCUT2D eigenvalue weighted by Crippen LogP contribution is -2.01. The fraction of sp³-hybridized carbons (Fsp3) is 0.174. The first kappa shape index (κ1) is 21.7. The Kier molecular flexibility index (Phi) is 7.59. The van der Waals surface area contributed by atoms with Gasteiger partial charge >= 0.3 is 0 Å². The van der Waals surface area contributed by atoms with Crippen LogP contribution in [0.15, 0.2) is 64.1 Å². The first-order valence-electron chi connectivity index (χ1n) is 9.10. The molecular formula is C23H20BrCl2NO2. The Labute approximate surface area is 189 Å². The monoisotopic (exact) mass is 491 g/mol. The minimum atomic E-state index is 0.383. The van der Waals surface area contributed by atoms with Crippen molar-refractivity contribution < 1.29 is 9.47 Å². The van der Waals surface area contributed by atoms with Gasteiger partial charge in [0.15, 0.2) is 11.5 Å². The molecule has 0 unspecified atom stereocenters. The fourth-order valence-corrected chi connectivity index (χ4v) is 3.68. The van der Waals surface area contributed by atoms with Crippen LogP contribution in [0.1, 0.15) is 23.6 Å². The molecule has 0 aliphatic rings. The van der Waals surface area contributed by atoms with E-state index in [2.05, 4.69) is 20.9 Å². The molecule has 0 aliphatic carbocycles. The van der Waals surface area contributed by atoms with Crippen LogP contribution < -0.4 is 9.47 Å². The number of hydrogen-bond acceptors (Lipinski definition) is 3. The summed E-state index contributed by atoms with van der Waals surface area (Å²) in [7, 11) is 0. The van der Waals surface area contributed by atoms with Crippen molar-refractivity contribution in [3.8, 4) is 11.5 Å². The van der Waals surface area contributed by atoms with E-state index in [1.807, 2.05) is 68.4 Å². The van der Waals surface area contributed by atoms with Crippen LogP contribution in [0.3, 0.4) is 0 Å². The second-order valence-corrected chi connectivity index (χ2v) is 8.02. The highest BCUT2D eigenvalue weighted by atomic mass is 79.9. The highest BCUT2D eigenvalue weighted by Gasteiger charge is 2.12. The van der Waals surface area contributed by atoms with Gasteiger partial charge in [-0.1, -0.05) is 41.4 Å². The largest absolute Gasteiger partial charge is 0.490 e. The number of hydrogen-bond donors (Lipinski definition) is 0. The van der Waals surface area contributed by atoms with Gasteiger partial charge in [0.05, 0.1) is 16.8 Å². The first-order valence-corrected chi connectivity index (χ1v) is 10.7. The number of benzene rings is 3. The molecule has 0 radical (unpaired) electrons. The summed E-state index contributed by atoms with van der Waals surface area (Å²) < 4.78 is 12.6. The Morgan fingerprint density at radius 2 is 1.83 bits per heavy atom. The van der Waals surface area contributed by atoms with Crippen LogP contribution in [-0.4, -0.2) is 12.8 Å². The van der Waals surface area contributed by atoms with Crippen molar-refractivity contribution in [3.05, 3.63) is 85.8 Å². The average molecular weight is 493 g/mol. The Morgan fingerprint density at radius 1 is 1.03 bits per heavy atom. The molecule has 3 aromatic rings. The Bertz CT molecular complexity index is 1040. The van der Waals surface area contributed by atoms with Crippen LogP contribution in [0.25, 0.3) is 0 Å². The molecule has 3 aromatic carbocycles. The van der Waals surface area contributed by atoms with Crippen molar-refractivity contribution in [2.45, 2.75) is 20.5 Å². The van der Waals surface area contributed by atoms with Gasteiger partial charge in [0.25, 0.3) is 0 Å². The molecule has 0 saturated carbocycles. The second-order valence-electron chi connectivity index (χ2n) is 6.32. The molecule has 3 nitrogen and oxygen atoms in total. The van der Waals surface area contributed by atoms with Gasteiger partial charge < -0.3 is 9.47 Å². The highest BCUT2D eigenvalue weighted by molar-refractivity contribution is 9.10. The van der Waals surface area contributed by atoms with Gasteiger partial charge in [-0.25, -0.2) is 0 Å². The van der Waals surface area contributed by atoms with Crippen molar-refractivity contribution in [2.24, 2.45) is 4.99 Å². The van der Waals surface area contributed by atoms with Crippen LogP contribution in [0, 0.1) is 6.92 Å². The summed E-state index contributed by atoms with van der Waals surface area (Å²) in [6.45, 7) is 4.79. The van der Waals surface area contributed by atoms with Gasteiger partial charge in [-0.15, -0.1) is 0 Å². The second kappa shape index (κ2) is 10.1. The summed E-state index contributed by atoms with van der Waals surface area (Å²) in [6.07, 6.45) is 1.78. The van der Waals surface area contributed by atoms with E-state index in [0.717, 1.165) is 26.9 Å². The van der Waals surface area contributed by atoms with Gasteiger partial charge in [0.1, 0.15) is 6.61 Å². The van der Waals surface area contributed by atoms with Crippen molar-refractivity contribution in [1.82, 2.24) is 0 Å². The van der Waals surface area contributed by atoms with E-state index >= 15 is 0 Å². The number of halogens is 3. The van der Waals surface area contributed by atoms with Gasteiger partial charge in [-0.3, -0.25) is 4.99 Å². The van der Waals surface area contributed by atoms with Crippen LogP contribution >= 0.6 is 39.1 Å². The van der Waals surface area contributed by atoms with Gasteiger partial charge in [0, 0.05) is 16.3 Å². The number of ether oxygens (including phenoxy) is 2. The van der Waals surface area contributed by atoms with Gasteiger partial charge in [-0.05, 0) is 82.9 Å². The third-order valence-electron chi connectivity index (χ3n) is 4.20. The molecule has 3 rings (SSSR count). The number of rotatable bonds is 7. The zero-order chi connectivity index (χ0) is 20.8. The van der Waals surface area contributed by atoms with E-state index in [9.17, 15) is 0 Å². The first-order chi connectivity index (χ1) is 14.0. The molecule has 0 aliphatic heterocycles. The molecule has 0 N–H and O–H groups in total. The van der Waals surface area contributed by atoms with E-state index in [4.69, 9.17) is 32.7 Å². The molecular weight excluding hydrogens is 473 g/mol. The third kappa shape index (κ3) is 5.75. The lowest BCUT2D eigenvalue weighted by Gasteiger charge is -2.15. The van der Waals surface area contributed by atoms with E-state index in [-0.39, 0.29) is 0 Å².